The summed E-state index contributed by atoms with van der Waals surface area (Å²) in [5.74, 6) is -1.16. The maximum atomic E-state index is 11.1. The van der Waals surface area contributed by atoms with Crippen molar-refractivity contribution in [2.24, 2.45) is 0 Å². The van der Waals surface area contributed by atoms with E-state index in [1.54, 1.807) is 13.8 Å². The predicted octanol–water partition coefficient (Wildman–Crippen LogP) is 0.728. The van der Waals surface area contributed by atoms with Crippen molar-refractivity contribution < 1.29 is 28.5 Å². The van der Waals surface area contributed by atoms with Gasteiger partial charge in [0.15, 0.2) is 8.03 Å². The lowest BCUT2D eigenvalue weighted by Crippen LogP contribution is -2.18. The highest BCUT2D eigenvalue weighted by Gasteiger charge is 2.23. The highest BCUT2D eigenvalue weighted by molar-refractivity contribution is 7.39. The number of ether oxygens (including phenoxy) is 2. The van der Waals surface area contributed by atoms with Crippen LogP contribution in [-0.2, 0) is 23.6 Å². The van der Waals surface area contributed by atoms with Crippen LogP contribution in [0.15, 0.2) is 0 Å². The molecule has 0 amide bonds. The molecule has 0 aliphatic rings. The van der Waals surface area contributed by atoms with Crippen LogP contribution < -0.4 is 0 Å². The van der Waals surface area contributed by atoms with E-state index in [1.165, 1.54) is 0 Å². The standard InChI is InChI=1S/C9H17O6P/c1-3-14-8(10)5-7(16(12)13)6-9(11)15-4-2/h7,16H,3-6H2,1-2H3,(H,12,13). The van der Waals surface area contributed by atoms with Crippen molar-refractivity contribution in [1.29, 1.82) is 0 Å². The van der Waals surface area contributed by atoms with E-state index in [1.807, 2.05) is 0 Å². The van der Waals surface area contributed by atoms with Crippen LogP contribution in [0.3, 0.4) is 0 Å². The molecular weight excluding hydrogens is 235 g/mol. The molecule has 0 aliphatic heterocycles. The zero-order chi connectivity index (χ0) is 12.6. The second-order valence-electron chi connectivity index (χ2n) is 3.05. The van der Waals surface area contributed by atoms with Gasteiger partial charge >= 0.3 is 11.9 Å². The van der Waals surface area contributed by atoms with Gasteiger partial charge in [-0.15, -0.1) is 0 Å². The minimum atomic E-state index is -2.95. The fourth-order valence-corrected chi connectivity index (χ4v) is 1.77. The lowest BCUT2D eigenvalue weighted by Gasteiger charge is -2.11. The minimum absolute atomic E-state index is 0.206. The van der Waals surface area contributed by atoms with Gasteiger partial charge in [-0.1, -0.05) is 0 Å². The SMILES string of the molecule is CCOC(=O)CC(CC(=O)OCC)[PH](=O)O. The Morgan fingerprint density at radius 1 is 1.12 bits per heavy atom. The van der Waals surface area contributed by atoms with Gasteiger partial charge in [0.2, 0.25) is 0 Å². The van der Waals surface area contributed by atoms with Crippen LogP contribution in [0.2, 0.25) is 0 Å². The summed E-state index contributed by atoms with van der Waals surface area (Å²) in [6.07, 6.45) is -0.470. The highest BCUT2D eigenvalue weighted by Crippen LogP contribution is 2.28. The molecule has 94 valence electrons. The minimum Gasteiger partial charge on any atom is -0.466 e. The molecule has 0 aromatic carbocycles. The zero-order valence-corrected chi connectivity index (χ0v) is 10.4. The van der Waals surface area contributed by atoms with E-state index in [4.69, 9.17) is 4.89 Å². The molecule has 0 heterocycles. The Balaban J connectivity index is 4.22. The van der Waals surface area contributed by atoms with Crippen LogP contribution in [0, 0.1) is 0 Å². The summed E-state index contributed by atoms with van der Waals surface area (Å²) >= 11 is 0. The van der Waals surface area contributed by atoms with Crippen LogP contribution in [-0.4, -0.2) is 35.7 Å². The number of hydrogen-bond acceptors (Lipinski definition) is 5. The van der Waals surface area contributed by atoms with Crippen LogP contribution in [0.5, 0.6) is 0 Å². The Morgan fingerprint density at radius 3 is 1.75 bits per heavy atom. The van der Waals surface area contributed by atoms with Gasteiger partial charge in [-0.05, 0) is 13.8 Å². The molecule has 6 nitrogen and oxygen atoms in total. The van der Waals surface area contributed by atoms with Crippen molar-refractivity contribution in [3.05, 3.63) is 0 Å². The van der Waals surface area contributed by atoms with Gasteiger partial charge in [-0.2, -0.15) is 0 Å². The first-order chi connectivity index (χ1) is 7.51. The quantitative estimate of drug-likeness (QED) is 0.530. The predicted molar refractivity (Wildman–Crippen MR) is 57.5 cm³/mol. The van der Waals surface area contributed by atoms with Gasteiger partial charge in [0, 0.05) is 0 Å². The molecule has 0 aromatic heterocycles. The molecule has 1 N–H and O–H groups in total. The number of rotatable bonds is 7. The number of hydrogen-bond donors (Lipinski definition) is 1. The summed E-state index contributed by atoms with van der Waals surface area (Å²) in [4.78, 5) is 31.2. The van der Waals surface area contributed by atoms with Crippen LogP contribution in [0.1, 0.15) is 26.7 Å². The lowest BCUT2D eigenvalue weighted by molar-refractivity contribution is -0.144. The van der Waals surface area contributed by atoms with Crippen molar-refractivity contribution in [3.63, 3.8) is 0 Å². The van der Waals surface area contributed by atoms with Crippen molar-refractivity contribution >= 4 is 20.0 Å². The molecule has 0 saturated heterocycles. The fourth-order valence-electron chi connectivity index (χ4n) is 1.09. The van der Waals surface area contributed by atoms with E-state index in [0.29, 0.717) is 0 Å². The molecule has 0 radical (unpaired) electrons. The van der Waals surface area contributed by atoms with Gasteiger partial charge in [-0.3, -0.25) is 14.2 Å². The Hall–Kier alpha value is -0.870. The summed E-state index contributed by atoms with van der Waals surface area (Å²) in [7, 11) is -2.95. The maximum absolute atomic E-state index is 11.1. The van der Waals surface area contributed by atoms with E-state index in [0.717, 1.165) is 0 Å². The molecular formula is C9H17O6P. The second kappa shape index (κ2) is 8.30. The molecule has 0 bridgehead atoms. The van der Waals surface area contributed by atoms with E-state index in [-0.39, 0.29) is 26.1 Å². The van der Waals surface area contributed by atoms with Crippen LogP contribution in [0.4, 0.5) is 0 Å². The molecule has 0 rings (SSSR count). The van der Waals surface area contributed by atoms with Gasteiger partial charge < -0.3 is 14.4 Å². The first-order valence-electron chi connectivity index (χ1n) is 5.05. The smallest absolute Gasteiger partial charge is 0.306 e. The summed E-state index contributed by atoms with van der Waals surface area (Å²) in [6.45, 7) is 3.69. The maximum Gasteiger partial charge on any atom is 0.306 e. The zero-order valence-electron chi connectivity index (χ0n) is 9.39. The van der Waals surface area contributed by atoms with E-state index >= 15 is 0 Å². The Labute approximate surface area is 94.8 Å². The van der Waals surface area contributed by atoms with Crippen molar-refractivity contribution in [1.82, 2.24) is 0 Å². The fraction of sp³-hybridized carbons (Fsp3) is 0.778. The molecule has 0 spiro atoms. The number of carbonyl (C=O) groups is 2. The van der Waals surface area contributed by atoms with Crippen molar-refractivity contribution in [2.45, 2.75) is 32.3 Å². The van der Waals surface area contributed by atoms with E-state index < -0.39 is 25.6 Å². The first-order valence-corrected chi connectivity index (χ1v) is 6.48. The van der Waals surface area contributed by atoms with Gasteiger partial charge in [-0.25, -0.2) is 0 Å². The largest absolute Gasteiger partial charge is 0.466 e. The molecule has 16 heavy (non-hydrogen) atoms. The molecule has 0 aromatic rings. The van der Waals surface area contributed by atoms with Gasteiger partial charge in [0.1, 0.15) is 0 Å². The van der Waals surface area contributed by atoms with E-state index in [2.05, 4.69) is 9.47 Å². The monoisotopic (exact) mass is 252 g/mol. The van der Waals surface area contributed by atoms with Crippen LogP contribution in [0.25, 0.3) is 0 Å². The molecule has 7 heteroatoms. The third kappa shape index (κ3) is 6.58. The summed E-state index contributed by atoms with van der Waals surface area (Å²) in [5, 5.41) is 0. The molecule has 1 atom stereocenters. The average molecular weight is 252 g/mol. The second-order valence-corrected chi connectivity index (χ2v) is 4.55. The average Bonchev–Trinajstić information content (AvgIpc) is 2.17. The first kappa shape index (κ1) is 15.1. The highest BCUT2D eigenvalue weighted by atomic mass is 31.1. The Morgan fingerprint density at radius 2 is 1.50 bits per heavy atom. The van der Waals surface area contributed by atoms with Crippen molar-refractivity contribution in [2.75, 3.05) is 13.2 Å². The van der Waals surface area contributed by atoms with E-state index in [9.17, 15) is 14.2 Å². The number of carbonyl (C=O) groups excluding carboxylic acids is 2. The van der Waals surface area contributed by atoms with Gasteiger partial charge in [0.25, 0.3) is 0 Å². The third-order valence-corrected chi connectivity index (χ3v) is 2.89. The summed E-state index contributed by atoms with van der Waals surface area (Å²) < 4.78 is 20.2. The van der Waals surface area contributed by atoms with Gasteiger partial charge in [0.05, 0.1) is 31.7 Å². The number of esters is 2. The molecule has 0 aliphatic carbocycles. The van der Waals surface area contributed by atoms with Crippen molar-refractivity contribution in [3.8, 4) is 0 Å². The topological polar surface area (TPSA) is 89.9 Å². The van der Waals surface area contributed by atoms with Crippen LogP contribution >= 0.6 is 8.03 Å². The summed E-state index contributed by atoms with van der Waals surface area (Å²) in [5.41, 5.74) is -0.900. The molecule has 1 unspecified atom stereocenters. The third-order valence-electron chi connectivity index (χ3n) is 1.79. The normalized spacial score (nSPS) is 12.2. The molecule has 0 fully saturated rings. The molecule has 0 saturated carbocycles. The lowest BCUT2D eigenvalue weighted by atomic mass is 10.2. The Kier molecular flexibility index (Phi) is 7.85. The summed E-state index contributed by atoms with van der Waals surface area (Å²) in [6, 6.07) is 0. The Bertz CT molecular complexity index is 245.